The lowest BCUT2D eigenvalue weighted by Gasteiger charge is -2.44. The Labute approximate surface area is 206 Å². The molecule has 33 heavy (non-hydrogen) atoms. The normalized spacial score (nSPS) is 21.3. The van der Waals surface area contributed by atoms with Crippen molar-refractivity contribution in [3.63, 3.8) is 0 Å². The lowest BCUT2D eigenvalue weighted by atomic mass is 9.64. The Morgan fingerprint density at radius 2 is 1.27 bits per heavy atom. The third-order valence-electron chi connectivity index (χ3n) is 6.94. The molecule has 0 radical (unpaired) electrons. The van der Waals surface area contributed by atoms with Gasteiger partial charge in [-0.3, -0.25) is 5.73 Å². The second-order valence-corrected chi connectivity index (χ2v) is 12.4. The van der Waals surface area contributed by atoms with Gasteiger partial charge in [-0.25, -0.2) is 0 Å². The molecule has 0 aromatic rings. The van der Waals surface area contributed by atoms with Gasteiger partial charge in [0.05, 0.1) is 6.61 Å². The Kier molecular flexibility index (Phi) is 14.0. The fraction of sp³-hybridized carbons (Fsp3) is 0.867. The first-order valence-corrected chi connectivity index (χ1v) is 14.0. The van der Waals surface area contributed by atoms with Crippen LogP contribution in [0.3, 0.4) is 0 Å². The molecular formula is C30H57NO2. The van der Waals surface area contributed by atoms with Crippen LogP contribution in [-0.2, 0) is 4.74 Å². The van der Waals surface area contributed by atoms with Crippen LogP contribution in [0, 0.1) is 16.7 Å². The molecule has 0 saturated carbocycles. The lowest BCUT2D eigenvalue weighted by molar-refractivity contribution is -0.0184. The van der Waals surface area contributed by atoms with E-state index >= 15 is 0 Å². The molecule has 3 nitrogen and oxygen atoms in total. The van der Waals surface area contributed by atoms with E-state index in [-0.39, 0.29) is 16.7 Å². The summed E-state index contributed by atoms with van der Waals surface area (Å²) in [4.78, 5) is 0. The maximum absolute atomic E-state index is 10.8. The van der Waals surface area contributed by atoms with Crippen molar-refractivity contribution in [2.24, 2.45) is 22.5 Å². The van der Waals surface area contributed by atoms with Gasteiger partial charge < -0.3 is 9.84 Å². The quantitative estimate of drug-likeness (QED) is 0.158. The Balaban J connectivity index is 2.17. The summed E-state index contributed by atoms with van der Waals surface area (Å²) in [5.41, 5.74) is 4.96. The molecule has 3 heteroatoms. The highest BCUT2D eigenvalue weighted by Crippen LogP contribution is 2.45. The molecule has 0 aromatic heterocycles. The number of nitrogens with two attached hydrogens (primary N) is 1. The predicted molar refractivity (Wildman–Crippen MR) is 144 cm³/mol. The number of unbranched alkanes of at least 4 members (excludes halogenated alkanes) is 13. The lowest BCUT2D eigenvalue weighted by Crippen LogP contribution is -2.52. The SMILES string of the molecule is CCCCCCCCCCCCCCCCOC1=CC(C(C)(C)CC(C)(C)C)C(N)(O)C=C1. The number of hydrogen-bond acceptors (Lipinski definition) is 3. The van der Waals surface area contributed by atoms with Gasteiger partial charge in [0, 0.05) is 5.92 Å². The first-order chi connectivity index (χ1) is 15.5. The number of allylic oxidation sites excluding steroid dienone is 1. The molecule has 0 spiro atoms. The average Bonchev–Trinajstić information content (AvgIpc) is 2.69. The fourth-order valence-corrected chi connectivity index (χ4v) is 5.58. The minimum absolute atomic E-state index is 0.129. The molecule has 0 fully saturated rings. The van der Waals surface area contributed by atoms with Crippen LogP contribution in [0.15, 0.2) is 24.0 Å². The summed E-state index contributed by atoms with van der Waals surface area (Å²) in [5.74, 6) is 0.687. The summed E-state index contributed by atoms with van der Waals surface area (Å²) in [6.07, 6.45) is 25.7. The van der Waals surface area contributed by atoms with E-state index < -0.39 is 5.72 Å². The van der Waals surface area contributed by atoms with Crippen molar-refractivity contribution in [3.8, 4) is 0 Å². The van der Waals surface area contributed by atoms with Gasteiger partial charge in [-0.2, -0.15) is 0 Å². The molecule has 1 aliphatic carbocycles. The summed E-state index contributed by atoms with van der Waals surface area (Å²) in [7, 11) is 0. The molecule has 1 rings (SSSR count). The van der Waals surface area contributed by atoms with Gasteiger partial charge in [0.25, 0.3) is 0 Å². The predicted octanol–water partition coefficient (Wildman–Crippen LogP) is 8.66. The molecule has 0 amide bonds. The van der Waals surface area contributed by atoms with Crippen molar-refractivity contribution in [3.05, 3.63) is 24.0 Å². The molecule has 0 bridgehead atoms. The van der Waals surface area contributed by atoms with E-state index in [0.29, 0.717) is 0 Å². The van der Waals surface area contributed by atoms with Crippen molar-refractivity contribution >= 4 is 0 Å². The maximum Gasteiger partial charge on any atom is 0.140 e. The second-order valence-electron chi connectivity index (χ2n) is 12.4. The second kappa shape index (κ2) is 15.2. The Morgan fingerprint density at radius 1 is 0.818 bits per heavy atom. The molecular weight excluding hydrogens is 406 g/mol. The van der Waals surface area contributed by atoms with Crippen LogP contribution >= 0.6 is 0 Å². The molecule has 2 atom stereocenters. The Hall–Kier alpha value is -0.800. The minimum Gasteiger partial charge on any atom is -0.494 e. The largest absolute Gasteiger partial charge is 0.494 e. The van der Waals surface area contributed by atoms with Gasteiger partial charge in [-0.15, -0.1) is 0 Å². The van der Waals surface area contributed by atoms with Crippen LogP contribution in [-0.4, -0.2) is 17.4 Å². The first kappa shape index (κ1) is 30.2. The summed E-state index contributed by atoms with van der Waals surface area (Å²) in [5, 5.41) is 10.8. The van der Waals surface area contributed by atoms with Crippen LogP contribution in [0.1, 0.15) is 138 Å². The summed E-state index contributed by atoms with van der Waals surface area (Å²) >= 11 is 0. The first-order valence-electron chi connectivity index (χ1n) is 14.0. The van der Waals surface area contributed by atoms with E-state index in [4.69, 9.17) is 10.5 Å². The summed E-state index contributed by atoms with van der Waals surface area (Å²) in [6.45, 7) is 14.1. The van der Waals surface area contributed by atoms with Crippen molar-refractivity contribution in [2.45, 2.75) is 144 Å². The van der Waals surface area contributed by atoms with Gasteiger partial charge in [-0.1, -0.05) is 125 Å². The zero-order valence-corrected chi connectivity index (χ0v) is 23.1. The summed E-state index contributed by atoms with van der Waals surface area (Å²) < 4.78 is 6.05. The molecule has 1 aliphatic rings. The van der Waals surface area contributed by atoms with Gasteiger partial charge in [0.15, 0.2) is 0 Å². The molecule has 0 aromatic carbocycles. The van der Waals surface area contributed by atoms with E-state index in [1.54, 1.807) is 6.08 Å². The zero-order valence-electron chi connectivity index (χ0n) is 23.1. The maximum atomic E-state index is 10.8. The van der Waals surface area contributed by atoms with E-state index in [1.165, 1.54) is 83.5 Å². The Morgan fingerprint density at radius 3 is 1.73 bits per heavy atom. The van der Waals surface area contributed by atoms with Crippen molar-refractivity contribution in [1.29, 1.82) is 0 Å². The van der Waals surface area contributed by atoms with Crippen LogP contribution in [0.4, 0.5) is 0 Å². The van der Waals surface area contributed by atoms with E-state index in [2.05, 4.69) is 47.6 Å². The van der Waals surface area contributed by atoms with Crippen LogP contribution < -0.4 is 5.73 Å². The minimum atomic E-state index is -1.32. The van der Waals surface area contributed by atoms with Gasteiger partial charge >= 0.3 is 0 Å². The van der Waals surface area contributed by atoms with Crippen molar-refractivity contribution in [2.75, 3.05) is 6.61 Å². The zero-order chi connectivity index (χ0) is 24.8. The van der Waals surface area contributed by atoms with Crippen LogP contribution in [0.2, 0.25) is 0 Å². The van der Waals surface area contributed by atoms with Crippen LogP contribution in [0.5, 0.6) is 0 Å². The van der Waals surface area contributed by atoms with Gasteiger partial charge in [0.2, 0.25) is 0 Å². The number of aliphatic hydroxyl groups is 1. The van der Waals surface area contributed by atoms with Crippen LogP contribution in [0.25, 0.3) is 0 Å². The highest BCUT2D eigenvalue weighted by atomic mass is 16.5. The van der Waals surface area contributed by atoms with E-state index in [0.717, 1.165) is 25.2 Å². The topological polar surface area (TPSA) is 55.5 Å². The molecule has 194 valence electrons. The van der Waals surface area contributed by atoms with Gasteiger partial charge in [-0.05, 0) is 41.9 Å². The third-order valence-corrected chi connectivity index (χ3v) is 6.94. The summed E-state index contributed by atoms with van der Waals surface area (Å²) in [6, 6.07) is 0. The van der Waals surface area contributed by atoms with E-state index in [9.17, 15) is 5.11 Å². The fourth-order valence-electron chi connectivity index (χ4n) is 5.58. The monoisotopic (exact) mass is 463 g/mol. The number of ether oxygens (including phenoxy) is 1. The highest BCUT2D eigenvalue weighted by Gasteiger charge is 2.43. The number of hydrogen-bond donors (Lipinski definition) is 2. The van der Waals surface area contributed by atoms with Crippen molar-refractivity contribution < 1.29 is 9.84 Å². The highest BCUT2D eigenvalue weighted by molar-refractivity contribution is 5.27. The molecule has 0 aliphatic heterocycles. The van der Waals surface area contributed by atoms with Crippen molar-refractivity contribution in [1.82, 2.24) is 0 Å². The number of rotatable bonds is 18. The average molecular weight is 464 g/mol. The molecule has 2 unspecified atom stereocenters. The van der Waals surface area contributed by atoms with E-state index in [1.807, 2.05) is 6.08 Å². The molecule has 0 heterocycles. The molecule has 3 N–H and O–H groups in total. The third kappa shape index (κ3) is 13.6. The smallest absolute Gasteiger partial charge is 0.140 e. The molecule has 0 saturated heterocycles. The van der Waals surface area contributed by atoms with Gasteiger partial charge in [0.1, 0.15) is 11.5 Å². The standard InChI is InChI=1S/C30H57NO2/c1-7-8-9-10-11-12-13-14-15-16-17-18-19-20-23-33-26-21-22-30(31,32)27(24-26)29(5,6)25-28(2,3)4/h21-22,24,27,32H,7-20,23,25,31H2,1-6H3. The Bertz CT molecular complexity index is 568.